The molecule has 10 aromatic carbocycles. The molecule has 0 aliphatic rings. The summed E-state index contributed by atoms with van der Waals surface area (Å²) < 4.78 is 5.04. The summed E-state index contributed by atoms with van der Waals surface area (Å²) in [6.45, 7) is 0. The van der Waals surface area contributed by atoms with Crippen molar-refractivity contribution >= 4 is 81.1 Å². The SMILES string of the molecule is c1ccc(-c2cccc3cccc(-c4ccc(N(c5ccc(-c6cccc7c6sc6ccccc67)cc5)c5cccc(-n6c7ccccc7c7ccccc76)c5)cc4)c23)cc1. The predicted molar refractivity (Wildman–Crippen MR) is 262 cm³/mol. The van der Waals surface area contributed by atoms with Crippen LogP contribution in [-0.2, 0) is 0 Å². The molecule has 0 spiro atoms. The van der Waals surface area contributed by atoms with Crippen molar-refractivity contribution < 1.29 is 0 Å². The minimum Gasteiger partial charge on any atom is -0.310 e. The molecular formula is C58H38N2S. The topological polar surface area (TPSA) is 8.17 Å². The van der Waals surface area contributed by atoms with Crippen LogP contribution in [0, 0.1) is 0 Å². The molecule has 12 rings (SSSR count). The van der Waals surface area contributed by atoms with Gasteiger partial charge in [0.05, 0.1) is 11.0 Å². The van der Waals surface area contributed by atoms with E-state index in [1.807, 2.05) is 11.3 Å². The van der Waals surface area contributed by atoms with Gasteiger partial charge < -0.3 is 9.47 Å². The molecule has 2 heterocycles. The largest absolute Gasteiger partial charge is 0.310 e. The Morgan fingerprint density at radius 3 is 1.52 bits per heavy atom. The Kier molecular flexibility index (Phi) is 8.39. The first-order valence-corrected chi connectivity index (χ1v) is 21.7. The molecule has 0 aliphatic carbocycles. The van der Waals surface area contributed by atoms with E-state index in [9.17, 15) is 0 Å². The fourth-order valence-electron chi connectivity index (χ4n) is 9.41. The number of rotatable bonds is 7. The van der Waals surface area contributed by atoms with Gasteiger partial charge >= 0.3 is 0 Å². The van der Waals surface area contributed by atoms with Crippen molar-refractivity contribution in [2.75, 3.05) is 4.90 Å². The zero-order chi connectivity index (χ0) is 40.3. The van der Waals surface area contributed by atoms with Gasteiger partial charge in [-0.05, 0) is 105 Å². The minimum absolute atomic E-state index is 1.09. The molecule has 0 amide bonds. The van der Waals surface area contributed by atoms with Crippen LogP contribution in [0.1, 0.15) is 0 Å². The number of nitrogens with zero attached hydrogens (tertiary/aromatic N) is 2. The van der Waals surface area contributed by atoms with Crippen molar-refractivity contribution in [2.45, 2.75) is 0 Å². The third-order valence-corrected chi connectivity index (χ3v) is 13.4. The number of hydrogen-bond donors (Lipinski definition) is 0. The summed E-state index contributed by atoms with van der Waals surface area (Å²) in [7, 11) is 0. The average Bonchev–Trinajstić information content (AvgIpc) is 3.88. The maximum absolute atomic E-state index is 2.40. The van der Waals surface area contributed by atoms with Crippen LogP contribution in [0.4, 0.5) is 17.1 Å². The fraction of sp³-hybridized carbons (Fsp3) is 0. The monoisotopic (exact) mass is 794 g/mol. The standard InChI is InChI=1S/C58H38N2S/c1-2-14-39(15-3-1)47-23-10-16-42-17-11-24-48(57(42)47)40-30-34-43(35-31-40)59(44-36-32-41(33-37-44)49-25-13-26-53-52-22-6-9-29-56(52)61-58(49)53)45-18-12-19-46(38-45)60-54-27-7-4-20-50(54)51-21-5-8-28-55(51)60/h1-38H. The molecule has 0 atom stereocenters. The van der Waals surface area contributed by atoms with Crippen LogP contribution in [0.5, 0.6) is 0 Å². The molecule has 0 bridgehead atoms. The Balaban J connectivity index is 1.00. The van der Waals surface area contributed by atoms with E-state index < -0.39 is 0 Å². The second-order valence-corrected chi connectivity index (χ2v) is 16.7. The van der Waals surface area contributed by atoms with Gasteiger partial charge in [-0.3, -0.25) is 0 Å². The van der Waals surface area contributed by atoms with Gasteiger partial charge in [-0.15, -0.1) is 11.3 Å². The van der Waals surface area contributed by atoms with Crippen molar-refractivity contribution in [3.8, 4) is 39.1 Å². The first-order chi connectivity index (χ1) is 30.3. The van der Waals surface area contributed by atoms with Crippen LogP contribution in [-0.4, -0.2) is 4.57 Å². The van der Waals surface area contributed by atoms with Gasteiger partial charge in [-0.1, -0.05) is 170 Å². The molecule has 12 aromatic rings. The zero-order valence-corrected chi connectivity index (χ0v) is 34.1. The lowest BCUT2D eigenvalue weighted by atomic mass is 9.91. The number of benzene rings is 10. The predicted octanol–water partition coefficient (Wildman–Crippen LogP) is 16.8. The summed E-state index contributed by atoms with van der Waals surface area (Å²) >= 11 is 1.88. The molecule has 0 aliphatic heterocycles. The molecule has 3 heteroatoms. The highest BCUT2D eigenvalue weighted by atomic mass is 32.1. The maximum Gasteiger partial charge on any atom is 0.0541 e. The lowest BCUT2D eigenvalue weighted by molar-refractivity contribution is 1.17. The van der Waals surface area contributed by atoms with Crippen molar-refractivity contribution in [3.05, 3.63) is 231 Å². The maximum atomic E-state index is 2.40. The molecule has 0 unspecified atom stereocenters. The average molecular weight is 795 g/mol. The highest BCUT2D eigenvalue weighted by Crippen LogP contribution is 2.43. The number of anilines is 3. The number of hydrogen-bond acceptors (Lipinski definition) is 2. The van der Waals surface area contributed by atoms with Crippen molar-refractivity contribution in [1.82, 2.24) is 4.57 Å². The second kappa shape index (κ2) is 14.5. The van der Waals surface area contributed by atoms with E-state index in [2.05, 4.69) is 240 Å². The summed E-state index contributed by atoms with van der Waals surface area (Å²) in [4.78, 5) is 2.39. The van der Waals surface area contributed by atoms with E-state index in [0.29, 0.717) is 0 Å². The fourth-order valence-corrected chi connectivity index (χ4v) is 10.7. The third-order valence-electron chi connectivity index (χ3n) is 12.2. The summed E-state index contributed by atoms with van der Waals surface area (Å²) in [5, 5.41) is 7.64. The van der Waals surface area contributed by atoms with Crippen LogP contribution in [0.2, 0.25) is 0 Å². The molecule has 61 heavy (non-hydrogen) atoms. The number of aromatic nitrogens is 1. The highest BCUT2D eigenvalue weighted by molar-refractivity contribution is 7.26. The van der Waals surface area contributed by atoms with E-state index in [1.54, 1.807) is 0 Å². The molecule has 286 valence electrons. The van der Waals surface area contributed by atoms with E-state index in [1.165, 1.54) is 86.1 Å². The summed E-state index contributed by atoms with van der Waals surface area (Å²) in [5.74, 6) is 0. The van der Waals surface area contributed by atoms with E-state index >= 15 is 0 Å². The van der Waals surface area contributed by atoms with Gasteiger partial charge in [0.2, 0.25) is 0 Å². The summed E-state index contributed by atoms with van der Waals surface area (Å²) in [6.07, 6.45) is 0. The van der Waals surface area contributed by atoms with E-state index in [0.717, 1.165) is 22.7 Å². The third kappa shape index (κ3) is 5.93. The molecule has 0 saturated heterocycles. The zero-order valence-electron chi connectivity index (χ0n) is 33.2. The Labute approximate surface area is 358 Å². The van der Waals surface area contributed by atoms with Crippen LogP contribution >= 0.6 is 11.3 Å². The first kappa shape index (κ1) is 35.2. The van der Waals surface area contributed by atoms with Crippen LogP contribution < -0.4 is 4.90 Å². The Hall–Kier alpha value is -7.72. The lowest BCUT2D eigenvalue weighted by Gasteiger charge is -2.27. The Bertz CT molecular complexity index is 3520. The Morgan fingerprint density at radius 1 is 0.344 bits per heavy atom. The molecule has 0 fully saturated rings. The molecule has 2 aromatic heterocycles. The van der Waals surface area contributed by atoms with Crippen LogP contribution in [0.3, 0.4) is 0 Å². The minimum atomic E-state index is 1.09. The molecular weight excluding hydrogens is 757 g/mol. The van der Waals surface area contributed by atoms with Gasteiger partial charge in [-0.25, -0.2) is 0 Å². The van der Waals surface area contributed by atoms with Crippen molar-refractivity contribution in [1.29, 1.82) is 0 Å². The van der Waals surface area contributed by atoms with Crippen LogP contribution in [0.25, 0.3) is 91.8 Å². The van der Waals surface area contributed by atoms with Crippen molar-refractivity contribution in [2.24, 2.45) is 0 Å². The molecule has 0 saturated carbocycles. The Morgan fingerprint density at radius 2 is 0.852 bits per heavy atom. The number of fused-ring (bicyclic) bond motifs is 7. The smallest absolute Gasteiger partial charge is 0.0541 e. The van der Waals surface area contributed by atoms with E-state index in [-0.39, 0.29) is 0 Å². The first-order valence-electron chi connectivity index (χ1n) is 20.8. The summed E-state index contributed by atoms with van der Waals surface area (Å²) in [6, 6.07) is 84.1. The van der Waals surface area contributed by atoms with Gasteiger partial charge in [-0.2, -0.15) is 0 Å². The molecule has 0 radical (unpaired) electrons. The quantitative estimate of drug-likeness (QED) is 0.156. The van der Waals surface area contributed by atoms with E-state index in [4.69, 9.17) is 0 Å². The number of para-hydroxylation sites is 2. The van der Waals surface area contributed by atoms with Crippen molar-refractivity contribution in [3.63, 3.8) is 0 Å². The second-order valence-electron chi connectivity index (χ2n) is 15.7. The van der Waals surface area contributed by atoms with Crippen LogP contribution in [0.15, 0.2) is 231 Å². The molecule has 0 N–H and O–H groups in total. The van der Waals surface area contributed by atoms with Gasteiger partial charge in [0, 0.05) is 53.7 Å². The number of thiophene rings is 1. The molecule has 2 nitrogen and oxygen atoms in total. The normalized spacial score (nSPS) is 11.6. The van der Waals surface area contributed by atoms with Gasteiger partial charge in [0.15, 0.2) is 0 Å². The highest BCUT2D eigenvalue weighted by Gasteiger charge is 2.18. The van der Waals surface area contributed by atoms with Gasteiger partial charge in [0.1, 0.15) is 0 Å². The van der Waals surface area contributed by atoms with Gasteiger partial charge in [0.25, 0.3) is 0 Å². The summed E-state index contributed by atoms with van der Waals surface area (Å²) in [5.41, 5.74) is 14.1. The lowest BCUT2D eigenvalue weighted by Crippen LogP contribution is -2.10.